The number of piperidine rings is 1. The summed E-state index contributed by atoms with van der Waals surface area (Å²) < 4.78 is 5.68. The molecule has 0 radical (unpaired) electrons. The lowest BCUT2D eigenvalue weighted by Gasteiger charge is -2.28. The van der Waals surface area contributed by atoms with Gasteiger partial charge < -0.3 is 14.7 Å². The average molecular weight is 366 g/mol. The molecule has 0 bridgehead atoms. The van der Waals surface area contributed by atoms with Crippen molar-refractivity contribution in [2.75, 3.05) is 26.2 Å². The molecule has 5 nitrogen and oxygen atoms in total. The van der Waals surface area contributed by atoms with Gasteiger partial charge in [0.15, 0.2) is 0 Å². The third-order valence-electron chi connectivity index (χ3n) is 4.58. The first-order valence-electron chi connectivity index (χ1n) is 9.47. The summed E-state index contributed by atoms with van der Waals surface area (Å²) >= 11 is 0. The molecule has 1 aliphatic rings. The number of likely N-dealkylation sites (tertiary alicyclic amines) is 1. The summed E-state index contributed by atoms with van der Waals surface area (Å²) in [6.45, 7) is 3.07. The number of carbonyl (C=O) groups is 1. The largest absolute Gasteiger partial charge is 0.491 e. The van der Waals surface area contributed by atoms with Gasteiger partial charge in [0, 0.05) is 12.7 Å². The zero-order valence-electron chi connectivity index (χ0n) is 15.5. The Balaban J connectivity index is 1.45. The fourth-order valence-electron chi connectivity index (χ4n) is 3.13. The highest BCUT2D eigenvalue weighted by atomic mass is 16.5. The Morgan fingerprint density at radius 3 is 2.63 bits per heavy atom. The van der Waals surface area contributed by atoms with E-state index in [0.29, 0.717) is 18.0 Å². The first-order valence-corrected chi connectivity index (χ1v) is 9.47. The lowest BCUT2D eigenvalue weighted by molar-refractivity contribution is 0.0617. The lowest BCUT2D eigenvalue weighted by atomic mass is 10.1. The second-order valence-electron chi connectivity index (χ2n) is 6.81. The third-order valence-corrected chi connectivity index (χ3v) is 4.58. The minimum absolute atomic E-state index is 0.128. The molecule has 1 aromatic carbocycles. The molecule has 0 spiro atoms. The van der Waals surface area contributed by atoms with Crippen LogP contribution >= 0.6 is 0 Å². The molecule has 0 saturated carbocycles. The van der Waals surface area contributed by atoms with Crippen LogP contribution in [0.5, 0.6) is 5.75 Å². The summed E-state index contributed by atoms with van der Waals surface area (Å²) in [5, 5.41) is 10.1. The summed E-state index contributed by atoms with van der Waals surface area (Å²) in [6.07, 6.45) is 8.10. The van der Waals surface area contributed by atoms with Crippen molar-refractivity contribution in [3.63, 3.8) is 0 Å². The Labute approximate surface area is 160 Å². The molecule has 142 valence electrons. The molecule has 0 amide bonds. The Hall–Kier alpha value is -2.50. The van der Waals surface area contributed by atoms with Crippen LogP contribution < -0.4 is 4.74 Å². The number of carbonyl (C=O) groups excluding carboxylic acids is 1. The molecule has 1 saturated heterocycles. The maximum atomic E-state index is 12.0. The van der Waals surface area contributed by atoms with Crippen molar-refractivity contribution in [1.82, 2.24) is 9.88 Å². The molecule has 1 N–H and O–H groups in total. The van der Waals surface area contributed by atoms with Crippen LogP contribution in [0.15, 0.2) is 54.7 Å². The highest BCUT2D eigenvalue weighted by Gasteiger charge is 2.14. The summed E-state index contributed by atoms with van der Waals surface area (Å²) in [5.74, 6) is 0.581. The second kappa shape index (κ2) is 10.00. The number of ketones is 1. The quantitative estimate of drug-likeness (QED) is 0.574. The molecule has 1 aliphatic heterocycles. The maximum Gasteiger partial charge on any atom is 0.204 e. The maximum absolute atomic E-state index is 12.0. The van der Waals surface area contributed by atoms with E-state index in [9.17, 15) is 9.90 Å². The fraction of sp³-hybridized carbons (Fsp3) is 0.364. The van der Waals surface area contributed by atoms with Crippen LogP contribution in [-0.2, 0) is 0 Å². The van der Waals surface area contributed by atoms with Crippen LogP contribution in [0, 0.1) is 0 Å². The number of aliphatic hydroxyl groups excluding tert-OH is 1. The van der Waals surface area contributed by atoms with E-state index in [2.05, 4.69) is 9.88 Å². The summed E-state index contributed by atoms with van der Waals surface area (Å²) in [4.78, 5) is 18.4. The van der Waals surface area contributed by atoms with E-state index in [1.54, 1.807) is 30.5 Å². The number of aliphatic hydroxyl groups is 1. The van der Waals surface area contributed by atoms with E-state index in [1.807, 2.05) is 24.3 Å². The Morgan fingerprint density at radius 1 is 1.15 bits per heavy atom. The van der Waals surface area contributed by atoms with Crippen molar-refractivity contribution in [2.45, 2.75) is 25.4 Å². The van der Waals surface area contributed by atoms with Gasteiger partial charge in [0.1, 0.15) is 24.2 Å². The molecular formula is C22H26N2O3. The normalized spacial score (nSPS) is 16.3. The number of ether oxygens (including phenoxy) is 1. The Kier molecular flexibility index (Phi) is 7.13. The Morgan fingerprint density at radius 2 is 1.93 bits per heavy atom. The van der Waals surface area contributed by atoms with E-state index in [0.717, 1.165) is 18.7 Å². The standard InChI is InChI=1S/C22H26N2O3/c25-19(16-24-14-4-1-5-15-24)17-27-20-10-7-18(8-11-20)9-12-22(26)21-6-2-3-13-23-21/h2-3,6-13,19,25H,1,4-5,14-17H2/b12-9+. The topological polar surface area (TPSA) is 62.7 Å². The van der Waals surface area contributed by atoms with Gasteiger partial charge in [-0.2, -0.15) is 0 Å². The summed E-state index contributed by atoms with van der Waals surface area (Å²) in [6, 6.07) is 12.7. The number of allylic oxidation sites excluding steroid dienone is 1. The number of nitrogens with zero attached hydrogens (tertiary/aromatic N) is 2. The average Bonchev–Trinajstić information content (AvgIpc) is 2.72. The Bertz CT molecular complexity index is 738. The first kappa shape index (κ1) is 19.3. The minimum atomic E-state index is -0.487. The van der Waals surface area contributed by atoms with Crippen LogP contribution in [0.3, 0.4) is 0 Å². The van der Waals surface area contributed by atoms with E-state index in [-0.39, 0.29) is 12.4 Å². The van der Waals surface area contributed by atoms with E-state index >= 15 is 0 Å². The second-order valence-corrected chi connectivity index (χ2v) is 6.81. The van der Waals surface area contributed by atoms with E-state index in [4.69, 9.17) is 4.74 Å². The molecule has 2 aromatic rings. The monoisotopic (exact) mass is 366 g/mol. The van der Waals surface area contributed by atoms with Crippen molar-refractivity contribution >= 4 is 11.9 Å². The molecule has 1 atom stereocenters. The minimum Gasteiger partial charge on any atom is -0.491 e. The zero-order valence-corrected chi connectivity index (χ0v) is 15.5. The summed E-state index contributed by atoms with van der Waals surface area (Å²) in [5.41, 5.74) is 1.33. The number of benzene rings is 1. The predicted octanol–water partition coefficient (Wildman–Crippen LogP) is 3.20. The van der Waals surface area contributed by atoms with Gasteiger partial charge in [0.2, 0.25) is 5.78 Å². The summed E-state index contributed by atoms with van der Waals surface area (Å²) in [7, 11) is 0. The lowest BCUT2D eigenvalue weighted by Crippen LogP contribution is -2.38. The van der Waals surface area contributed by atoms with E-state index < -0.39 is 6.10 Å². The highest BCUT2D eigenvalue weighted by molar-refractivity contribution is 6.05. The molecule has 3 rings (SSSR count). The number of β-amino-alcohol motifs (C(OH)–C–C–N with tert-alkyl or cyclic N) is 1. The van der Waals surface area contributed by atoms with Crippen molar-refractivity contribution in [3.8, 4) is 5.75 Å². The molecular weight excluding hydrogens is 340 g/mol. The molecule has 27 heavy (non-hydrogen) atoms. The number of rotatable bonds is 8. The molecule has 2 heterocycles. The van der Waals surface area contributed by atoms with Crippen molar-refractivity contribution in [1.29, 1.82) is 0 Å². The highest BCUT2D eigenvalue weighted by Crippen LogP contribution is 2.15. The van der Waals surface area contributed by atoms with Gasteiger partial charge in [-0.1, -0.05) is 30.7 Å². The fourth-order valence-corrected chi connectivity index (χ4v) is 3.13. The van der Waals surface area contributed by atoms with Gasteiger partial charge in [-0.3, -0.25) is 9.78 Å². The van der Waals surface area contributed by atoms with Crippen LogP contribution in [-0.4, -0.2) is 53.1 Å². The molecule has 1 fully saturated rings. The number of pyridine rings is 1. The van der Waals surface area contributed by atoms with Crippen molar-refractivity contribution < 1.29 is 14.6 Å². The molecule has 5 heteroatoms. The smallest absolute Gasteiger partial charge is 0.204 e. The molecule has 1 unspecified atom stereocenters. The van der Waals surface area contributed by atoms with Crippen LogP contribution in [0.2, 0.25) is 0 Å². The van der Waals surface area contributed by atoms with Crippen LogP contribution in [0.4, 0.5) is 0 Å². The van der Waals surface area contributed by atoms with Gasteiger partial charge in [-0.15, -0.1) is 0 Å². The number of hydrogen-bond acceptors (Lipinski definition) is 5. The van der Waals surface area contributed by atoms with Crippen molar-refractivity contribution in [3.05, 3.63) is 66.0 Å². The van der Waals surface area contributed by atoms with Gasteiger partial charge in [-0.05, 0) is 61.8 Å². The van der Waals surface area contributed by atoms with Crippen LogP contribution in [0.1, 0.15) is 35.3 Å². The first-order chi connectivity index (χ1) is 13.2. The van der Waals surface area contributed by atoms with Gasteiger partial charge in [-0.25, -0.2) is 0 Å². The molecule has 1 aromatic heterocycles. The third kappa shape index (κ3) is 6.31. The zero-order chi connectivity index (χ0) is 18.9. The SMILES string of the molecule is O=C(/C=C/c1ccc(OCC(O)CN2CCCCC2)cc1)c1ccccn1. The predicted molar refractivity (Wildman–Crippen MR) is 106 cm³/mol. The van der Waals surface area contributed by atoms with E-state index in [1.165, 1.54) is 25.3 Å². The number of hydrogen-bond donors (Lipinski definition) is 1. The number of aromatic nitrogens is 1. The van der Waals surface area contributed by atoms with Gasteiger partial charge in [0.25, 0.3) is 0 Å². The van der Waals surface area contributed by atoms with Gasteiger partial charge in [0.05, 0.1) is 0 Å². The molecule has 0 aliphatic carbocycles. The van der Waals surface area contributed by atoms with Gasteiger partial charge >= 0.3 is 0 Å². The van der Waals surface area contributed by atoms with Crippen LogP contribution in [0.25, 0.3) is 6.08 Å². The van der Waals surface area contributed by atoms with Crippen molar-refractivity contribution in [2.24, 2.45) is 0 Å².